The number of carbonyl (C=O) groups is 4. The minimum absolute atomic E-state index is 0.00358. The summed E-state index contributed by atoms with van der Waals surface area (Å²) >= 11 is 1.65. The second-order valence-corrected chi connectivity index (χ2v) is 20.1. The van der Waals surface area contributed by atoms with E-state index in [4.69, 9.17) is 14.5 Å². The van der Waals surface area contributed by atoms with Crippen LogP contribution in [0.25, 0.3) is 31.1 Å². The molecule has 2 aromatic carbocycles. The average Bonchev–Trinajstić information content (AvgIpc) is 4.01. The van der Waals surface area contributed by atoms with Crippen molar-refractivity contribution in [1.82, 2.24) is 19.9 Å². The first kappa shape index (κ1) is 38.7. The van der Waals surface area contributed by atoms with Crippen LogP contribution in [0.3, 0.4) is 0 Å². The molecule has 0 unspecified atom stereocenters. The van der Waals surface area contributed by atoms with Crippen molar-refractivity contribution < 1.29 is 37.1 Å². The maximum absolute atomic E-state index is 14.7. The SMILES string of the molecule is C=C[C@@H]1C[C@]1(NC(=O)[C@@H]1C[C@@H](Oc2nc3c4ccccc4sc3c3ccccc23)CN1C(=O)[C@@H](CC(=O)OC(C)(C)C)C(C)(C)C)C(=O)NS(=O)(=O)C1CC1. The van der Waals surface area contributed by atoms with Crippen LogP contribution in [0.15, 0.2) is 61.2 Å². The Kier molecular flexibility index (Phi) is 9.76. The number of amides is 3. The van der Waals surface area contributed by atoms with E-state index >= 15 is 0 Å². The number of hydrogen-bond acceptors (Lipinski definition) is 10. The summed E-state index contributed by atoms with van der Waals surface area (Å²) in [5, 5.41) is 4.94. The van der Waals surface area contributed by atoms with Crippen LogP contribution in [0, 0.1) is 17.3 Å². The van der Waals surface area contributed by atoms with Gasteiger partial charge >= 0.3 is 5.97 Å². The molecule has 3 amide bonds. The molecule has 7 rings (SSSR count). The standard InChI is InChI=1S/C41H48N4O8S2/c1-8-23-21-41(23,38(49)44-55(50,51)25-17-18-25)43-35(47)30-19-24(22-45(30)37(48)29(39(2,3)4)20-32(46)53-40(5,6)7)52-36-27-14-10-9-13-26(27)34-33(42-36)28-15-11-12-16-31(28)54-34/h8-16,23-25,29-30H,1,17-22H2,2-7H3,(H,43,47)(H,44,49)/t23-,24-,29-,30+,41-/m1/s1. The van der Waals surface area contributed by atoms with Gasteiger partial charge in [0.15, 0.2) is 0 Å². The van der Waals surface area contributed by atoms with Crippen molar-refractivity contribution in [2.24, 2.45) is 17.3 Å². The molecule has 2 aromatic heterocycles. The number of likely N-dealkylation sites (tertiary alicyclic amines) is 1. The van der Waals surface area contributed by atoms with Crippen molar-refractivity contribution in [2.45, 2.75) is 102 Å². The highest BCUT2D eigenvalue weighted by Crippen LogP contribution is 2.46. The summed E-state index contributed by atoms with van der Waals surface area (Å²) in [5.74, 6) is -3.46. The van der Waals surface area contributed by atoms with Gasteiger partial charge in [0.2, 0.25) is 27.7 Å². The third kappa shape index (κ3) is 7.67. The van der Waals surface area contributed by atoms with E-state index in [1.807, 2.05) is 63.2 Å². The van der Waals surface area contributed by atoms with E-state index in [0.29, 0.717) is 18.7 Å². The van der Waals surface area contributed by atoms with Crippen LogP contribution in [0.2, 0.25) is 0 Å². The van der Waals surface area contributed by atoms with Gasteiger partial charge in [0.25, 0.3) is 5.91 Å². The average molecular weight is 789 g/mol. The quantitative estimate of drug-likeness (QED) is 0.137. The number of nitrogens with one attached hydrogen (secondary N) is 2. The summed E-state index contributed by atoms with van der Waals surface area (Å²) in [5.41, 5.74) is -2.23. The molecule has 0 spiro atoms. The zero-order valence-corrected chi connectivity index (χ0v) is 33.6. The summed E-state index contributed by atoms with van der Waals surface area (Å²) < 4.78 is 42.1. The van der Waals surface area contributed by atoms with Crippen LogP contribution in [-0.4, -0.2) is 77.1 Å². The molecule has 4 aromatic rings. The number of sulfonamides is 1. The number of carbonyl (C=O) groups excluding carboxylic acids is 4. The van der Waals surface area contributed by atoms with Crippen LogP contribution < -0.4 is 14.8 Å². The molecule has 12 nitrogen and oxygen atoms in total. The Morgan fingerprint density at radius 1 is 1.02 bits per heavy atom. The van der Waals surface area contributed by atoms with Crippen molar-refractivity contribution >= 4 is 76.1 Å². The molecule has 2 N–H and O–H groups in total. The number of nitrogens with zero attached hydrogens (tertiary/aromatic N) is 2. The number of thiophene rings is 1. The fourth-order valence-corrected chi connectivity index (χ4v) is 10.1. The Hall–Kier alpha value is -4.56. The predicted octanol–water partition coefficient (Wildman–Crippen LogP) is 6.01. The summed E-state index contributed by atoms with van der Waals surface area (Å²) in [6.07, 6.45) is 1.74. The number of esters is 1. The van der Waals surface area contributed by atoms with E-state index in [1.165, 1.54) is 11.0 Å². The zero-order chi connectivity index (χ0) is 39.7. The smallest absolute Gasteiger partial charge is 0.307 e. The predicted molar refractivity (Wildman–Crippen MR) is 212 cm³/mol. The number of ether oxygens (including phenoxy) is 2. The van der Waals surface area contributed by atoms with Crippen molar-refractivity contribution in [1.29, 1.82) is 0 Å². The lowest BCUT2D eigenvalue weighted by molar-refractivity contribution is -0.161. The number of rotatable bonds is 11. The first-order valence-electron chi connectivity index (χ1n) is 18.7. The van der Waals surface area contributed by atoms with Gasteiger partial charge in [0.1, 0.15) is 23.3 Å². The van der Waals surface area contributed by atoms with Gasteiger partial charge < -0.3 is 19.7 Å². The summed E-state index contributed by atoms with van der Waals surface area (Å²) in [7, 11) is -3.90. The number of fused-ring (bicyclic) bond motifs is 5. The third-order valence-corrected chi connectivity index (χ3v) is 13.7. The van der Waals surface area contributed by atoms with Crippen LogP contribution in [0.1, 0.15) is 73.6 Å². The topological polar surface area (TPSA) is 161 Å². The second-order valence-electron chi connectivity index (χ2n) is 17.1. The van der Waals surface area contributed by atoms with Gasteiger partial charge in [-0.1, -0.05) is 63.2 Å². The van der Waals surface area contributed by atoms with Crippen molar-refractivity contribution in [3.05, 3.63) is 61.2 Å². The number of aromatic nitrogens is 1. The molecule has 1 aliphatic heterocycles. The summed E-state index contributed by atoms with van der Waals surface area (Å²) in [6.45, 7) is 14.6. The van der Waals surface area contributed by atoms with E-state index in [-0.39, 0.29) is 25.8 Å². The maximum Gasteiger partial charge on any atom is 0.307 e. The molecule has 14 heteroatoms. The highest BCUT2D eigenvalue weighted by Gasteiger charge is 2.62. The molecule has 0 bridgehead atoms. The van der Waals surface area contributed by atoms with Crippen LogP contribution in [0.4, 0.5) is 0 Å². The van der Waals surface area contributed by atoms with Gasteiger partial charge in [0, 0.05) is 33.2 Å². The summed E-state index contributed by atoms with van der Waals surface area (Å²) in [6, 6.07) is 14.7. The molecule has 0 radical (unpaired) electrons. The van der Waals surface area contributed by atoms with Gasteiger partial charge in [-0.3, -0.25) is 23.9 Å². The number of pyridine rings is 1. The Balaban J connectivity index is 1.23. The van der Waals surface area contributed by atoms with Gasteiger partial charge in [-0.2, -0.15) is 0 Å². The first-order valence-corrected chi connectivity index (χ1v) is 21.1. The Labute approximate surface area is 325 Å². The van der Waals surface area contributed by atoms with E-state index in [0.717, 1.165) is 31.1 Å². The van der Waals surface area contributed by atoms with E-state index in [2.05, 4.69) is 22.7 Å². The Bertz CT molecular complexity index is 2340. The highest BCUT2D eigenvalue weighted by atomic mass is 32.2. The molecule has 55 heavy (non-hydrogen) atoms. The van der Waals surface area contributed by atoms with Gasteiger partial charge in [-0.15, -0.1) is 17.9 Å². The zero-order valence-electron chi connectivity index (χ0n) is 32.0. The Morgan fingerprint density at radius 3 is 2.29 bits per heavy atom. The molecular formula is C41H48N4O8S2. The molecule has 3 aliphatic rings. The fourth-order valence-electron chi connectivity index (χ4n) is 7.51. The minimum Gasteiger partial charge on any atom is -0.472 e. The molecular weight excluding hydrogens is 741 g/mol. The lowest BCUT2D eigenvalue weighted by atomic mass is 9.77. The first-order chi connectivity index (χ1) is 25.8. The largest absolute Gasteiger partial charge is 0.472 e. The fraction of sp³-hybridized carbons (Fsp3) is 0.488. The van der Waals surface area contributed by atoms with Gasteiger partial charge in [-0.25, -0.2) is 13.4 Å². The Morgan fingerprint density at radius 2 is 1.67 bits per heavy atom. The molecule has 3 heterocycles. The number of hydrogen-bond donors (Lipinski definition) is 2. The van der Waals surface area contributed by atoms with E-state index < -0.39 is 79.5 Å². The minimum atomic E-state index is -3.90. The number of benzene rings is 2. The second kappa shape index (κ2) is 13.9. The van der Waals surface area contributed by atoms with E-state index in [9.17, 15) is 27.6 Å². The van der Waals surface area contributed by atoms with Crippen LogP contribution >= 0.6 is 11.3 Å². The lowest BCUT2D eigenvalue weighted by Crippen LogP contribution is -2.57. The third-order valence-electron chi connectivity index (χ3n) is 10.7. The van der Waals surface area contributed by atoms with Gasteiger partial charge in [0.05, 0.1) is 34.4 Å². The van der Waals surface area contributed by atoms with E-state index in [1.54, 1.807) is 32.1 Å². The highest BCUT2D eigenvalue weighted by molar-refractivity contribution is 7.91. The monoisotopic (exact) mass is 788 g/mol. The molecule has 2 aliphatic carbocycles. The van der Waals surface area contributed by atoms with Crippen molar-refractivity contribution in [2.75, 3.05) is 6.54 Å². The van der Waals surface area contributed by atoms with Gasteiger partial charge in [-0.05, 0) is 57.6 Å². The maximum atomic E-state index is 14.7. The van der Waals surface area contributed by atoms with Crippen molar-refractivity contribution in [3.63, 3.8) is 0 Å². The van der Waals surface area contributed by atoms with Crippen LogP contribution in [-0.2, 0) is 33.9 Å². The van der Waals surface area contributed by atoms with Crippen LogP contribution in [0.5, 0.6) is 5.88 Å². The van der Waals surface area contributed by atoms with Crippen molar-refractivity contribution in [3.8, 4) is 5.88 Å². The molecule has 3 fully saturated rings. The molecule has 2 saturated carbocycles. The molecule has 5 atom stereocenters. The molecule has 1 saturated heterocycles. The lowest BCUT2D eigenvalue weighted by Gasteiger charge is -2.35. The summed E-state index contributed by atoms with van der Waals surface area (Å²) in [4.78, 5) is 62.3. The molecule has 292 valence electrons. The normalized spacial score (nSPS) is 23.4.